The lowest BCUT2D eigenvalue weighted by Crippen LogP contribution is -2.43. The first-order valence-corrected chi connectivity index (χ1v) is 12.0. The van der Waals surface area contributed by atoms with Crippen molar-refractivity contribution in [3.05, 3.63) is 42.3 Å². The number of carbonyl (C=O) groups is 1. The minimum absolute atomic E-state index is 0.0420. The molecule has 1 saturated heterocycles. The Morgan fingerprint density at radius 1 is 1.03 bits per heavy atom. The van der Waals surface area contributed by atoms with E-state index in [1.54, 1.807) is 12.3 Å². The van der Waals surface area contributed by atoms with E-state index in [0.29, 0.717) is 31.2 Å². The zero-order chi connectivity index (χ0) is 21.1. The van der Waals surface area contributed by atoms with Crippen molar-refractivity contribution < 1.29 is 17.6 Å². The molecule has 1 atom stereocenters. The van der Waals surface area contributed by atoms with Crippen LogP contribution in [0.15, 0.2) is 41.4 Å². The third kappa shape index (κ3) is 4.41. The molecule has 0 unspecified atom stereocenters. The highest BCUT2D eigenvalue weighted by atomic mass is 32.2. The molecule has 2 fully saturated rings. The van der Waals surface area contributed by atoms with E-state index in [-0.39, 0.29) is 17.3 Å². The van der Waals surface area contributed by atoms with Crippen LogP contribution in [0.25, 0.3) is 0 Å². The Labute approximate surface area is 176 Å². The summed E-state index contributed by atoms with van der Waals surface area (Å²) in [7, 11) is -3.76. The zero-order valence-corrected chi connectivity index (χ0v) is 17.7. The first kappa shape index (κ1) is 21.0. The van der Waals surface area contributed by atoms with Crippen molar-refractivity contribution in [2.45, 2.75) is 55.9 Å². The van der Waals surface area contributed by atoms with Crippen LogP contribution in [-0.2, 0) is 14.8 Å². The van der Waals surface area contributed by atoms with Gasteiger partial charge in [-0.15, -0.1) is 0 Å². The first-order chi connectivity index (χ1) is 14.4. The van der Waals surface area contributed by atoms with Gasteiger partial charge in [0.05, 0.1) is 23.1 Å². The number of amides is 1. The molecule has 1 aliphatic heterocycles. The Hall–Kier alpha value is -2.26. The molecule has 1 aliphatic carbocycles. The highest BCUT2D eigenvalue weighted by Gasteiger charge is 2.34. The molecule has 30 heavy (non-hydrogen) atoms. The molecular formula is C21H27FN4O3S. The Balaban J connectivity index is 1.44. The molecule has 1 amide bonds. The van der Waals surface area contributed by atoms with Gasteiger partial charge in [0.15, 0.2) is 0 Å². The topological polar surface area (TPSA) is 84.3 Å². The van der Waals surface area contributed by atoms with Crippen molar-refractivity contribution in [2.75, 3.05) is 18.4 Å². The summed E-state index contributed by atoms with van der Waals surface area (Å²) in [6.07, 6.45) is 8.58. The number of benzene rings is 1. The maximum Gasteiger partial charge on any atom is 0.243 e. The average molecular weight is 435 g/mol. The smallest absolute Gasteiger partial charge is 0.243 e. The van der Waals surface area contributed by atoms with Crippen molar-refractivity contribution in [1.29, 1.82) is 0 Å². The monoisotopic (exact) mass is 434 g/mol. The molecule has 1 aromatic carbocycles. The lowest BCUT2D eigenvalue weighted by Gasteiger charge is -2.31. The second-order valence-corrected chi connectivity index (χ2v) is 10.0. The van der Waals surface area contributed by atoms with Crippen LogP contribution in [0.2, 0.25) is 0 Å². The van der Waals surface area contributed by atoms with E-state index in [4.69, 9.17) is 0 Å². The summed E-state index contributed by atoms with van der Waals surface area (Å²) in [5.74, 6) is -0.444. The van der Waals surface area contributed by atoms with E-state index in [0.717, 1.165) is 37.8 Å². The average Bonchev–Trinajstić information content (AvgIpc) is 3.23. The van der Waals surface area contributed by atoms with Gasteiger partial charge in [-0.1, -0.05) is 19.3 Å². The van der Waals surface area contributed by atoms with Crippen LogP contribution in [-0.4, -0.2) is 41.5 Å². The maximum atomic E-state index is 13.2. The molecule has 7 nitrogen and oxygen atoms in total. The van der Waals surface area contributed by atoms with Gasteiger partial charge in [-0.05, 0) is 49.9 Å². The number of hydrogen-bond donors (Lipinski definition) is 1. The van der Waals surface area contributed by atoms with Crippen molar-refractivity contribution in [2.24, 2.45) is 5.92 Å². The summed E-state index contributed by atoms with van der Waals surface area (Å²) >= 11 is 0. The van der Waals surface area contributed by atoms with E-state index < -0.39 is 21.8 Å². The number of carbonyl (C=O) groups excluding carboxylic acids is 1. The number of nitrogens with zero attached hydrogens (tertiary/aromatic N) is 3. The quantitative estimate of drug-likeness (QED) is 0.780. The number of aromatic nitrogens is 2. The molecule has 9 heteroatoms. The molecule has 2 heterocycles. The number of piperidine rings is 1. The largest absolute Gasteiger partial charge is 0.311 e. The van der Waals surface area contributed by atoms with Crippen LogP contribution in [0.4, 0.5) is 10.2 Å². The van der Waals surface area contributed by atoms with Gasteiger partial charge in [0.1, 0.15) is 11.6 Å². The molecular weight excluding hydrogens is 407 g/mol. The Morgan fingerprint density at radius 3 is 2.50 bits per heavy atom. The molecule has 162 valence electrons. The molecule has 1 aromatic heterocycles. The van der Waals surface area contributed by atoms with E-state index in [9.17, 15) is 17.6 Å². The number of halogens is 1. The summed E-state index contributed by atoms with van der Waals surface area (Å²) in [4.78, 5) is 13.0. The summed E-state index contributed by atoms with van der Waals surface area (Å²) in [6.45, 7) is 0.465. The standard InChI is InChI=1S/C21H27FN4O3S/c22-17-8-10-19(11-9-17)30(28,29)25-14-4-5-16(15-25)21(27)24-20-12-13-23-26(20)18-6-2-1-3-7-18/h8-13,16,18H,1-7,14-15H2,(H,24,27)/t16-/m1/s1. The molecule has 0 radical (unpaired) electrons. The van der Waals surface area contributed by atoms with Gasteiger partial charge in [-0.3, -0.25) is 4.79 Å². The molecule has 2 aromatic rings. The van der Waals surface area contributed by atoms with Crippen LogP contribution in [0.1, 0.15) is 51.0 Å². The molecule has 0 spiro atoms. The lowest BCUT2D eigenvalue weighted by molar-refractivity contribution is -0.120. The molecule has 0 bridgehead atoms. The Kier molecular flexibility index (Phi) is 6.19. The van der Waals surface area contributed by atoms with Crippen molar-refractivity contribution in [3.63, 3.8) is 0 Å². The molecule has 2 aliphatic rings. The Morgan fingerprint density at radius 2 is 1.77 bits per heavy atom. The van der Waals surface area contributed by atoms with E-state index >= 15 is 0 Å². The summed E-state index contributed by atoms with van der Waals surface area (Å²) < 4.78 is 42.2. The fraction of sp³-hybridized carbons (Fsp3) is 0.524. The van der Waals surface area contributed by atoms with Crippen LogP contribution < -0.4 is 5.32 Å². The number of nitrogens with one attached hydrogen (secondary N) is 1. The van der Waals surface area contributed by atoms with E-state index in [1.165, 1.54) is 22.9 Å². The normalized spacial score (nSPS) is 21.4. The number of anilines is 1. The van der Waals surface area contributed by atoms with Gasteiger partial charge in [0.2, 0.25) is 15.9 Å². The van der Waals surface area contributed by atoms with Crippen LogP contribution >= 0.6 is 0 Å². The van der Waals surface area contributed by atoms with E-state index in [1.807, 2.05) is 4.68 Å². The third-order valence-corrected chi connectivity index (χ3v) is 7.93. The predicted molar refractivity (Wildman–Crippen MR) is 111 cm³/mol. The number of sulfonamides is 1. The van der Waals surface area contributed by atoms with Gasteiger partial charge in [0, 0.05) is 19.2 Å². The number of hydrogen-bond acceptors (Lipinski definition) is 4. The number of rotatable bonds is 5. The predicted octanol–water partition coefficient (Wildman–Crippen LogP) is 3.57. The highest BCUT2D eigenvalue weighted by molar-refractivity contribution is 7.89. The van der Waals surface area contributed by atoms with Gasteiger partial charge in [-0.25, -0.2) is 17.5 Å². The van der Waals surface area contributed by atoms with Gasteiger partial charge in [0.25, 0.3) is 0 Å². The Bertz CT molecular complexity index is 984. The van der Waals surface area contributed by atoms with Gasteiger partial charge < -0.3 is 5.32 Å². The second kappa shape index (κ2) is 8.85. The van der Waals surface area contributed by atoms with Crippen LogP contribution in [0.5, 0.6) is 0 Å². The minimum atomic E-state index is -3.76. The third-order valence-electron chi connectivity index (χ3n) is 6.05. The van der Waals surface area contributed by atoms with Crippen LogP contribution in [0, 0.1) is 11.7 Å². The van der Waals surface area contributed by atoms with Crippen molar-refractivity contribution >= 4 is 21.7 Å². The van der Waals surface area contributed by atoms with Crippen molar-refractivity contribution in [3.8, 4) is 0 Å². The maximum absolute atomic E-state index is 13.2. The summed E-state index contributed by atoms with van der Waals surface area (Å²) in [5.41, 5.74) is 0. The van der Waals surface area contributed by atoms with Crippen LogP contribution in [0.3, 0.4) is 0 Å². The molecule has 1 N–H and O–H groups in total. The second-order valence-electron chi connectivity index (χ2n) is 8.10. The van der Waals surface area contributed by atoms with E-state index in [2.05, 4.69) is 10.4 Å². The summed E-state index contributed by atoms with van der Waals surface area (Å²) in [5, 5.41) is 7.37. The first-order valence-electron chi connectivity index (χ1n) is 10.6. The zero-order valence-electron chi connectivity index (χ0n) is 16.8. The molecule has 1 saturated carbocycles. The molecule has 4 rings (SSSR count). The lowest BCUT2D eigenvalue weighted by atomic mass is 9.95. The minimum Gasteiger partial charge on any atom is -0.311 e. The SMILES string of the molecule is O=C(Nc1ccnn1C1CCCCC1)[C@@H]1CCCN(S(=O)(=O)c2ccc(F)cc2)C1. The fourth-order valence-corrected chi connectivity index (χ4v) is 5.91. The fourth-order valence-electron chi connectivity index (χ4n) is 4.39. The summed E-state index contributed by atoms with van der Waals surface area (Å²) in [6, 6.07) is 6.88. The highest BCUT2D eigenvalue weighted by Crippen LogP contribution is 2.30. The van der Waals surface area contributed by atoms with Gasteiger partial charge in [-0.2, -0.15) is 9.40 Å². The van der Waals surface area contributed by atoms with Gasteiger partial charge >= 0.3 is 0 Å². The van der Waals surface area contributed by atoms with Crippen molar-refractivity contribution in [1.82, 2.24) is 14.1 Å².